The van der Waals surface area contributed by atoms with Crippen molar-refractivity contribution in [3.05, 3.63) is 32.9 Å². The van der Waals surface area contributed by atoms with Gasteiger partial charge in [-0.15, -0.1) is 0 Å². The summed E-state index contributed by atoms with van der Waals surface area (Å²) in [6.45, 7) is -0.298. The lowest BCUT2D eigenvalue weighted by Gasteiger charge is -2.17. The standard InChI is InChI=1S/C9H11FN6O3/c10-5-2-16(9(18)13-7(5)11)8-6(14-15-12)1-4(3-17)19-8/h2,4,6,8,17H,1,3H2,(H2,11,13,18)/t4-,6+,8+/m0/s1. The van der Waals surface area contributed by atoms with Gasteiger partial charge in [0.2, 0.25) is 0 Å². The fourth-order valence-electron chi connectivity index (χ4n) is 1.91. The molecule has 10 heteroatoms. The summed E-state index contributed by atoms with van der Waals surface area (Å²) in [5, 5.41) is 12.5. The highest BCUT2D eigenvalue weighted by Gasteiger charge is 2.36. The van der Waals surface area contributed by atoms with Crippen molar-refractivity contribution in [2.45, 2.75) is 24.8 Å². The summed E-state index contributed by atoms with van der Waals surface area (Å²) in [5.74, 6) is -1.39. The van der Waals surface area contributed by atoms with Crippen LogP contribution < -0.4 is 11.4 Å². The summed E-state index contributed by atoms with van der Waals surface area (Å²) in [5.41, 5.74) is 12.8. The second-order valence-electron chi connectivity index (χ2n) is 4.00. The van der Waals surface area contributed by atoms with Crippen molar-refractivity contribution in [3.8, 4) is 0 Å². The predicted octanol–water partition coefficient (Wildman–Crippen LogP) is -0.0767. The number of rotatable bonds is 3. The normalized spacial score (nSPS) is 26.1. The Morgan fingerprint density at radius 1 is 1.79 bits per heavy atom. The quantitative estimate of drug-likeness (QED) is 0.449. The van der Waals surface area contributed by atoms with Gasteiger partial charge < -0.3 is 15.6 Å². The molecule has 2 rings (SSSR count). The number of aliphatic hydroxyl groups excluding tert-OH is 1. The number of aromatic nitrogens is 2. The van der Waals surface area contributed by atoms with Gasteiger partial charge in [-0.3, -0.25) is 4.57 Å². The Bertz CT molecular complexity index is 584. The maximum atomic E-state index is 13.3. The van der Waals surface area contributed by atoms with Gasteiger partial charge in [0.1, 0.15) is 6.23 Å². The van der Waals surface area contributed by atoms with E-state index in [1.165, 1.54) is 0 Å². The SMILES string of the molecule is [N-]=[N+]=N[C@@H]1C[C@@H](CO)O[C@H]1n1cc(F)c(N)nc1=O. The van der Waals surface area contributed by atoms with Crippen LogP contribution in [0.25, 0.3) is 10.4 Å². The molecule has 0 amide bonds. The first-order valence-electron chi connectivity index (χ1n) is 5.41. The summed E-state index contributed by atoms with van der Waals surface area (Å²) in [7, 11) is 0. The fraction of sp³-hybridized carbons (Fsp3) is 0.556. The molecule has 3 N–H and O–H groups in total. The molecule has 3 atom stereocenters. The lowest BCUT2D eigenvalue weighted by molar-refractivity contribution is -0.0282. The van der Waals surface area contributed by atoms with Gasteiger partial charge in [0, 0.05) is 4.91 Å². The Morgan fingerprint density at radius 3 is 3.16 bits per heavy atom. The molecule has 1 aromatic heterocycles. The number of nitrogens with zero attached hydrogens (tertiary/aromatic N) is 5. The minimum absolute atomic E-state index is 0.226. The average Bonchev–Trinajstić information content (AvgIpc) is 2.77. The minimum Gasteiger partial charge on any atom is -0.394 e. The molecule has 0 unspecified atom stereocenters. The van der Waals surface area contributed by atoms with Gasteiger partial charge >= 0.3 is 5.69 Å². The molecular weight excluding hydrogens is 259 g/mol. The second-order valence-corrected chi connectivity index (χ2v) is 4.00. The molecular formula is C9H11FN6O3. The van der Waals surface area contributed by atoms with Crippen LogP contribution in [-0.4, -0.2) is 33.4 Å². The van der Waals surface area contributed by atoms with E-state index in [2.05, 4.69) is 15.0 Å². The van der Waals surface area contributed by atoms with E-state index in [1.807, 2.05) is 0 Å². The van der Waals surface area contributed by atoms with Crippen LogP contribution in [0.15, 0.2) is 16.1 Å². The molecule has 0 aliphatic carbocycles. The van der Waals surface area contributed by atoms with E-state index in [9.17, 15) is 9.18 Å². The lowest BCUT2D eigenvalue weighted by Crippen LogP contribution is -2.32. The van der Waals surface area contributed by atoms with Crippen molar-refractivity contribution in [2.75, 3.05) is 12.3 Å². The largest absolute Gasteiger partial charge is 0.394 e. The summed E-state index contributed by atoms with van der Waals surface area (Å²) in [4.78, 5) is 17.6. The van der Waals surface area contributed by atoms with Crippen molar-refractivity contribution in [2.24, 2.45) is 5.11 Å². The molecule has 1 aromatic rings. The summed E-state index contributed by atoms with van der Waals surface area (Å²) in [6.07, 6.45) is -0.533. The number of azide groups is 1. The fourth-order valence-corrected chi connectivity index (χ4v) is 1.91. The number of hydrogen-bond acceptors (Lipinski definition) is 6. The molecule has 0 aromatic carbocycles. The number of ether oxygens (including phenoxy) is 1. The van der Waals surface area contributed by atoms with Gasteiger partial charge in [0.25, 0.3) is 0 Å². The van der Waals surface area contributed by atoms with Gasteiger partial charge in [-0.2, -0.15) is 4.98 Å². The minimum atomic E-state index is -1.01. The third kappa shape index (κ3) is 2.50. The van der Waals surface area contributed by atoms with Crippen molar-refractivity contribution in [1.29, 1.82) is 0 Å². The first-order chi connectivity index (χ1) is 9.06. The summed E-state index contributed by atoms with van der Waals surface area (Å²) < 4.78 is 19.5. The highest BCUT2D eigenvalue weighted by Crippen LogP contribution is 2.30. The first kappa shape index (κ1) is 13.3. The van der Waals surface area contributed by atoms with Crippen LogP contribution in [-0.2, 0) is 4.74 Å². The Labute approximate surface area is 106 Å². The molecule has 0 radical (unpaired) electrons. The van der Waals surface area contributed by atoms with Crippen molar-refractivity contribution in [1.82, 2.24) is 9.55 Å². The van der Waals surface area contributed by atoms with Crippen LogP contribution in [0.1, 0.15) is 12.6 Å². The van der Waals surface area contributed by atoms with Gasteiger partial charge in [-0.05, 0) is 12.0 Å². The highest BCUT2D eigenvalue weighted by molar-refractivity contribution is 5.26. The number of anilines is 1. The molecule has 2 heterocycles. The molecule has 19 heavy (non-hydrogen) atoms. The zero-order chi connectivity index (χ0) is 14.0. The number of aliphatic hydroxyl groups is 1. The van der Waals surface area contributed by atoms with Gasteiger partial charge in [-0.1, -0.05) is 5.11 Å². The molecule has 9 nitrogen and oxygen atoms in total. The van der Waals surface area contributed by atoms with Crippen LogP contribution >= 0.6 is 0 Å². The third-order valence-electron chi connectivity index (χ3n) is 2.78. The number of halogens is 1. The highest BCUT2D eigenvalue weighted by atomic mass is 19.1. The predicted molar refractivity (Wildman–Crippen MR) is 61.4 cm³/mol. The van der Waals surface area contributed by atoms with Crippen molar-refractivity contribution in [3.63, 3.8) is 0 Å². The smallest absolute Gasteiger partial charge is 0.351 e. The molecule has 0 saturated carbocycles. The number of hydrogen-bond donors (Lipinski definition) is 2. The Balaban J connectivity index is 2.41. The van der Waals surface area contributed by atoms with Crippen LogP contribution in [0.2, 0.25) is 0 Å². The van der Waals surface area contributed by atoms with Crippen LogP contribution in [0.3, 0.4) is 0 Å². The molecule has 0 spiro atoms. The van der Waals surface area contributed by atoms with Crippen LogP contribution in [0.5, 0.6) is 0 Å². The second kappa shape index (κ2) is 5.22. The molecule has 1 fully saturated rings. The third-order valence-corrected chi connectivity index (χ3v) is 2.78. The Morgan fingerprint density at radius 2 is 2.53 bits per heavy atom. The van der Waals surface area contributed by atoms with Crippen molar-refractivity contribution >= 4 is 5.82 Å². The van der Waals surface area contributed by atoms with Crippen molar-refractivity contribution < 1.29 is 14.2 Å². The lowest BCUT2D eigenvalue weighted by atomic mass is 10.2. The Hall–Kier alpha value is -2.16. The monoisotopic (exact) mass is 270 g/mol. The van der Waals surface area contributed by atoms with E-state index in [0.717, 1.165) is 10.8 Å². The molecule has 102 valence electrons. The summed E-state index contributed by atoms with van der Waals surface area (Å²) in [6, 6.07) is -0.732. The van der Waals surface area contributed by atoms with Gasteiger partial charge in [0.05, 0.1) is 24.9 Å². The van der Waals surface area contributed by atoms with E-state index in [0.29, 0.717) is 0 Å². The zero-order valence-electron chi connectivity index (χ0n) is 9.68. The Kier molecular flexibility index (Phi) is 3.65. The maximum Gasteiger partial charge on any atom is 0.351 e. The maximum absolute atomic E-state index is 13.3. The van der Waals surface area contributed by atoms with Crippen LogP contribution in [0.4, 0.5) is 10.2 Å². The molecule has 1 saturated heterocycles. The van der Waals surface area contributed by atoms with E-state index in [-0.39, 0.29) is 13.0 Å². The number of nitrogen functional groups attached to an aromatic ring is 1. The molecule has 0 bridgehead atoms. The topological polar surface area (TPSA) is 139 Å². The summed E-state index contributed by atoms with van der Waals surface area (Å²) >= 11 is 0. The first-order valence-corrected chi connectivity index (χ1v) is 5.41. The van der Waals surface area contributed by atoms with Gasteiger partial charge in [0.15, 0.2) is 11.6 Å². The van der Waals surface area contributed by atoms with E-state index in [1.54, 1.807) is 0 Å². The van der Waals surface area contributed by atoms with E-state index < -0.39 is 35.7 Å². The average molecular weight is 270 g/mol. The zero-order valence-corrected chi connectivity index (χ0v) is 9.68. The van der Waals surface area contributed by atoms with Crippen LogP contribution in [0, 0.1) is 5.82 Å². The van der Waals surface area contributed by atoms with E-state index >= 15 is 0 Å². The molecule has 1 aliphatic heterocycles. The molecule has 1 aliphatic rings. The van der Waals surface area contributed by atoms with Gasteiger partial charge in [-0.25, -0.2) is 9.18 Å². The number of nitrogens with two attached hydrogens (primary N) is 1. The van der Waals surface area contributed by atoms with E-state index in [4.69, 9.17) is 21.1 Å².